The van der Waals surface area contributed by atoms with Crippen molar-refractivity contribution >= 4 is 17.4 Å². The molecule has 2 rings (SSSR count). The average molecular weight is 260 g/mol. The van der Waals surface area contributed by atoms with Gasteiger partial charge in [-0.2, -0.15) is 0 Å². The molecule has 0 atom stereocenters. The van der Waals surface area contributed by atoms with Gasteiger partial charge in [-0.1, -0.05) is 12.1 Å². The van der Waals surface area contributed by atoms with E-state index in [0.29, 0.717) is 0 Å². The highest BCUT2D eigenvalue weighted by Gasteiger charge is 2.19. The Kier molecular flexibility index (Phi) is 3.72. The number of amides is 1. The quantitative estimate of drug-likeness (QED) is 0.652. The van der Waals surface area contributed by atoms with E-state index in [-0.39, 0.29) is 17.1 Å². The van der Waals surface area contributed by atoms with Gasteiger partial charge in [0.15, 0.2) is 5.82 Å². The summed E-state index contributed by atoms with van der Waals surface area (Å²) in [6.07, 6.45) is 1.51. The van der Waals surface area contributed by atoms with Crippen LogP contribution < -0.4 is 16.2 Å². The van der Waals surface area contributed by atoms with Crippen LogP contribution in [0.4, 0.5) is 15.9 Å². The van der Waals surface area contributed by atoms with Gasteiger partial charge in [0.25, 0.3) is 5.91 Å². The lowest BCUT2D eigenvalue weighted by molar-refractivity contribution is 0.0992. The monoisotopic (exact) mass is 260 g/mol. The Hall–Kier alpha value is -2.47. The fourth-order valence-electron chi connectivity index (χ4n) is 1.71. The van der Waals surface area contributed by atoms with Gasteiger partial charge in [0.2, 0.25) is 0 Å². The third kappa shape index (κ3) is 2.53. The minimum absolute atomic E-state index is 0.194. The molecule has 0 bridgehead atoms. The minimum atomic E-state index is -0.468. The van der Waals surface area contributed by atoms with Gasteiger partial charge >= 0.3 is 0 Å². The van der Waals surface area contributed by atoms with E-state index in [1.807, 2.05) is 0 Å². The number of hydrogen-bond acceptors (Lipinski definition) is 4. The van der Waals surface area contributed by atoms with Crippen LogP contribution in [0.15, 0.2) is 42.6 Å². The minimum Gasteiger partial charge on any atom is -0.309 e. The third-order valence-electron chi connectivity index (χ3n) is 2.69. The van der Waals surface area contributed by atoms with E-state index in [4.69, 9.17) is 5.84 Å². The van der Waals surface area contributed by atoms with Gasteiger partial charge in [-0.05, 0) is 24.3 Å². The zero-order chi connectivity index (χ0) is 13.8. The molecule has 0 spiro atoms. The number of anilines is 2. The molecular formula is C13H13FN4O. The highest BCUT2D eigenvalue weighted by molar-refractivity contribution is 6.08. The summed E-state index contributed by atoms with van der Waals surface area (Å²) < 4.78 is 13.6. The SMILES string of the molecule is CN(C(=O)c1cccnc1NN)c1ccccc1F. The first kappa shape index (κ1) is 13.0. The summed E-state index contributed by atoms with van der Waals surface area (Å²) >= 11 is 0. The molecule has 0 aliphatic heterocycles. The van der Waals surface area contributed by atoms with E-state index in [2.05, 4.69) is 10.4 Å². The Morgan fingerprint density at radius 3 is 2.74 bits per heavy atom. The molecule has 0 aliphatic carbocycles. The van der Waals surface area contributed by atoms with E-state index in [9.17, 15) is 9.18 Å². The van der Waals surface area contributed by atoms with E-state index in [0.717, 1.165) is 0 Å². The van der Waals surface area contributed by atoms with Crippen molar-refractivity contribution in [1.82, 2.24) is 4.98 Å². The molecule has 5 nitrogen and oxygen atoms in total. The number of hydrogen-bond donors (Lipinski definition) is 2. The summed E-state index contributed by atoms with van der Waals surface area (Å²) in [4.78, 5) is 17.5. The van der Waals surface area contributed by atoms with Crippen molar-refractivity contribution in [1.29, 1.82) is 0 Å². The summed E-state index contributed by atoms with van der Waals surface area (Å²) in [6, 6.07) is 9.23. The Balaban J connectivity index is 2.37. The van der Waals surface area contributed by atoms with Crippen LogP contribution in [0.5, 0.6) is 0 Å². The molecule has 1 aromatic carbocycles. The maximum Gasteiger partial charge on any atom is 0.261 e. The molecule has 19 heavy (non-hydrogen) atoms. The summed E-state index contributed by atoms with van der Waals surface area (Å²) in [5.74, 6) is 4.68. The lowest BCUT2D eigenvalue weighted by Crippen LogP contribution is -2.28. The first-order valence-electron chi connectivity index (χ1n) is 5.59. The average Bonchev–Trinajstić information content (AvgIpc) is 2.46. The molecule has 1 heterocycles. The maximum atomic E-state index is 13.6. The van der Waals surface area contributed by atoms with Crippen molar-refractivity contribution in [2.45, 2.75) is 0 Å². The third-order valence-corrected chi connectivity index (χ3v) is 2.69. The van der Waals surface area contributed by atoms with Crippen molar-refractivity contribution in [3.63, 3.8) is 0 Å². The van der Waals surface area contributed by atoms with Gasteiger partial charge in [0.05, 0.1) is 11.3 Å². The summed E-state index contributed by atoms with van der Waals surface area (Å²) in [5, 5.41) is 0. The Morgan fingerprint density at radius 2 is 2.05 bits per heavy atom. The van der Waals surface area contributed by atoms with Gasteiger partial charge < -0.3 is 10.3 Å². The lowest BCUT2D eigenvalue weighted by atomic mass is 10.2. The Morgan fingerprint density at radius 1 is 1.32 bits per heavy atom. The fourth-order valence-corrected chi connectivity index (χ4v) is 1.71. The number of nitrogens with zero attached hydrogens (tertiary/aromatic N) is 2. The second-order valence-electron chi connectivity index (χ2n) is 3.86. The molecule has 2 aromatic rings. The van der Waals surface area contributed by atoms with Gasteiger partial charge in [-0.25, -0.2) is 15.2 Å². The summed E-state index contributed by atoms with van der Waals surface area (Å²) in [7, 11) is 1.49. The highest BCUT2D eigenvalue weighted by Crippen LogP contribution is 2.21. The predicted molar refractivity (Wildman–Crippen MR) is 71.2 cm³/mol. The molecule has 6 heteroatoms. The largest absolute Gasteiger partial charge is 0.309 e. The van der Waals surface area contributed by atoms with Crippen molar-refractivity contribution in [2.75, 3.05) is 17.4 Å². The predicted octanol–water partition coefficient (Wildman–Crippen LogP) is 1.78. The van der Waals surface area contributed by atoms with E-state index in [1.165, 1.54) is 30.3 Å². The van der Waals surface area contributed by atoms with Crippen LogP contribution in [0.25, 0.3) is 0 Å². The molecule has 1 amide bonds. The second-order valence-corrected chi connectivity index (χ2v) is 3.86. The Labute approximate surface area is 109 Å². The number of para-hydroxylation sites is 1. The number of benzene rings is 1. The van der Waals surface area contributed by atoms with Crippen LogP contribution in [0.2, 0.25) is 0 Å². The molecule has 0 saturated carbocycles. The van der Waals surface area contributed by atoms with Gasteiger partial charge in [-0.15, -0.1) is 0 Å². The van der Waals surface area contributed by atoms with E-state index in [1.54, 1.807) is 24.3 Å². The lowest BCUT2D eigenvalue weighted by Gasteiger charge is -2.19. The molecule has 0 fully saturated rings. The van der Waals surface area contributed by atoms with Gasteiger partial charge in [-0.3, -0.25) is 4.79 Å². The number of rotatable bonds is 3. The molecule has 0 aliphatic rings. The van der Waals surface area contributed by atoms with Crippen molar-refractivity contribution in [2.24, 2.45) is 5.84 Å². The molecule has 98 valence electrons. The zero-order valence-electron chi connectivity index (χ0n) is 10.3. The van der Waals surface area contributed by atoms with Crippen LogP contribution in [-0.4, -0.2) is 17.9 Å². The number of nitrogen functional groups attached to an aromatic ring is 1. The van der Waals surface area contributed by atoms with Crippen LogP contribution in [0, 0.1) is 5.82 Å². The van der Waals surface area contributed by atoms with Gasteiger partial charge in [0, 0.05) is 13.2 Å². The topological polar surface area (TPSA) is 71.2 Å². The van der Waals surface area contributed by atoms with Crippen LogP contribution in [0.3, 0.4) is 0 Å². The number of hydrazine groups is 1. The molecule has 0 unspecified atom stereocenters. The number of nitrogens with one attached hydrogen (secondary N) is 1. The van der Waals surface area contributed by atoms with Gasteiger partial charge in [0.1, 0.15) is 5.82 Å². The molecule has 0 saturated heterocycles. The van der Waals surface area contributed by atoms with Crippen LogP contribution >= 0.6 is 0 Å². The number of halogens is 1. The smallest absolute Gasteiger partial charge is 0.261 e. The maximum absolute atomic E-state index is 13.6. The van der Waals surface area contributed by atoms with Crippen molar-refractivity contribution in [3.05, 3.63) is 54.0 Å². The second kappa shape index (κ2) is 5.45. The van der Waals surface area contributed by atoms with Crippen molar-refractivity contribution in [3.8, 4) is 0 Å². The standard InChI is InChI=1S/C13H13FN4O/c1-18(11-7-3-2-6-10(11)14)13(19)9-5-4-8-16-12(9)17-15/h2-8H,15H2,1H3,(H,16,17). The molecule has 3 N–H and O–H groups in total. The highest BCUT2D eigenvalue weighted by atomic mass is 19.1. The zero-order valence-corrected chi connectivity index (χ0v) is 10.3. The number of carbonyl (C=O) groups is 1. The van der Waals surface area contributed by atoms with Crippen molar-refractivity contribution < 1.29 is 9.18 Å². The molecule has 1 aromatic heterocycles. The number of aromatic nitrogens is 1. The van der Waals surface area contributed by atoms with Crippen LogP contribution in [0.1, 0.15) is 10.4 Å². The fraction of sp³-hybridized carbons (Fsp3) is 0.0769. The first-order valence-corrected chi connectivity index (χ1v) is 5.59. The van der Waals surface area contributed by atoms with E-state index < -0.39 is 11.7 Å². The molecular weight excluding hydrogens is 247 g/mol. The number of carbonyl (C=O) groups excluding carboxylic acids is 1. The molecule has 0 radical (unpaired) electrons. The number of nitrogens with two attached hydrogens (primary N) is 1. The summed E-state index contributed by atoms with van der Waals surface area (Å²) in [5.41, 5.74) is 2.81. The number of pyridine rings is 1. The normalized spacial score (nSPS) is 10.1. The first-order chi connectivity index (χ1) is 9.15. The summed E-state index contributed by atoms with van der Waals surface area (Å²) in [6.45, 7) is 0. The Bertz CT molecular complexity index is 603. The van der Waals surface area contributed by atoms with Crippen LogP contribution in [-0.2, 0) is 0 Å². The van der Waals surface area contributed by atoms with E-state index >= 15 is 0 Å².